The van der Waals surface area contributed by atoms with Gasteiger partial charge in [0.25, 0.3) is 0 Å². The van der Waals surface area contributed by atoms with Gasteiger partial charge in [-0.1, -0.05) is 35.5 Å². The van der Waals surface area contributed by atoms with Crippen molar-refractivity contribution in [2.45, 2.75) is 40.4 Å². The lowest BCUT2D eigenvalue weighted by molar-refractivity contribution is 0.313. The van der Waals surface area contributed by atoms with Crippen LogP contribution >= 0.6 is 23.4 Å². The Morgan fingerprint density at radius 3 is 2.37 bits per heavy atom. The minimum atomic E-state index is -3.75. The van der Waals surface area contributed by atoms with E-state index in [1.807, 2.05) is 55.5 Å². The van der Waals surface area contributed by atoms with Crippen molar-refractivity contribution in [1.82, 2.24) is 14.6 Å². The van der Waals surface area contributed by atoms with Crippen LogP contribution in [0.2, 0.25) is 5.02 Å². The molecule has 0 radical (unpaired) electrons. The van der Waals surface area contributed by atoms with Gasteiger partial charge in [0, 0.05) is 27.9 Å². The summed E-state index contributed by atoms with van der Waals surface area (Å²) in [6.45, 7) is 3.41. The van der Waals surface area contributed by atoms with Crippen LogP contribution < -0.4 is 4.74 Å². The normalized spacial score (nSPS) is 15.5. The molecule has 182 valence electrons. The van der Waals surface area contributed by atoms with Gasteiger partial charge in [-0.25, -0.2) is 13.0 Å². The molecular formula is C25H24ClN3O4S2. The highest BCUT2D eigenvalue weighted by molar-refractivity contribution is 7.99. The Kier molecular flexibility index (Phi) is 7.02. The summed E-state index contributed by atoms with van der Waals surface area (Å²) in [7, 11) is -3.75. The van der Waals surface area contributed by atoms with Crippen molar-refractivity contribution < 1.29 is 17.8 Å². The van der Waals surface area contributed by atoms with Crippen molar-refractivity contribution in [3.05, 3.63) is 71.2 Å². The van der Waals surface area contributed by atoms with Gasteiger partial charge in [0.05, 0.1) is 6.61 Å². The molecule has 0 spiro atoms. The molecule has 35 heavy (non-hydrogen) atoms. The Morgan fingerprint density at radius 2 is 1.69 bits per heavy atom. The zero-order valence-electron chi connectivity index (χ0n) is 19.1. The molecule has 4 aromatic rings. The molecule has 0 amide bonds. The third-order valence-electron chi connectivity index (χ3n) is 6.12. The number of hydrogen-bond acceptors (Lipinski definition) is 7. The second-order valence-corrected chi connectivity index (χ2v) is 11.7. The van der Waals surface area contributed by atoms with Crippen LogP contribution in [-0.4, -0.2) is 42.7 Å². The van der Waals surface area contributed by atoms with Crippen molar-refractivity contribution in [2.24, 2.45) is 0 Å². The summed E-state index contributed by atoms with van der Waals surface area (Å²) < 4.78 is 39.1. The third-order valence-corrected chi connectivity index (χ3v) is 9.36. The first-order valence-electron chi connectivity index (χ1n) is 11.4. The molecule has 0 saturated carbocycles. The zero-order valence-corrected chi connectivity index (χ0v) is 21.4. The lowest BCUT2D eigenvalue weighted by Gasteiger charge is -2.31. The molecule has 0 aliphatic carbocycles. The van der Waals surface area contributed by atoms with Crippen LogP contribution in [0.15, 0.2) is 80.0 Å². The number of halogens is 1. The van der Waals surface area contributed by atoms with E-state index in [0.29, 0.717) is 36.2 Å². The van der Waals surface area contributed by atoms with E-state index in [2.05, 4.69) is 10.3 Å². The van der Waals surface area contributed by atoms with Crippen molar-refractivity contribution >= 4 is 44.4 Å². The van der Waals surface area contributed by atoms with Crippen molar-refractivity contribution in [3.8, 4) is 5.75 Å². The number of benzene rings is 3. The fourth-order valence-electron chi connectivity index (χ4n) is 4.31. The first-order valence-corrected chi connectivity index (χ1v) is 14.0. The third kappa shape index (κ3) is 5.04. The predicted octanol–water partition coefficient (Wildman–Crippen LogP) is 5.99. The van der Waals surface area contributed by atoms with E-state index in [9.17, 15) is 8.42 Å². The number of fused-ring (bicyclic) bond motifs is 1. The van der Waals surface area contributed by atoms with Crippen LogP contribution in [0.5, 0.6) is 5.75 Å². The van der Waals surface area contributed by atoms with Gasteiger partial charge in [0.15, 0.2) is 11.0 Å². The molecule has 10 heteroatoms. The molecule has 1 aliphatic heterocycles. The standard InChI is InChI=1S/C25H24ClN3O4S2/c1-2-32-20-7-9-21(10-8-20)34-22-11-12-23(25-24(22)27-33-28-25)35(30,31)29-15-13-18(14-16-29)17-3-5-19(26)6-4-17/h3-12,18H,2,13-16H2,1H3. The molecule has 0 atom stereocenters. The van der Waals surface area contributed by atoms with E-state index in [1.165, 1.54) is 21.6 Å². The molecule has 7 nitrogen and oxygen atoms in total. The van der Waals surface area contributed by atoms with Crippen LogP contribution in [-0.2, 0) is 10.0 Å². The molecule has 1 fully saturated rings. The average molecular weight is 530 g/mol. The summed E-state index contributed by atoms with van der Waals surface area (Å²) >= 11 is 7.47. The van der Waals surface area contributed by atoms with Crippen molar-refractivity contribution in [2.75, 3.05) is 19.7 Å². The molecule has 0 N–H and O–H groups in total. The van der Waals surface area contributed by atoms with E-state index in [4.69, 9.17) is 21.0 Å². The summed E-state index contributed by atoms with van der Waals surface area (Å²) in [6, 6.07) is 18.8. The molecular weight excluding hydrogens is 506 g/mol. The quantitative estimate of drug-likeness (QED) is 0.290. The molecule has 1 aromatic heterocycles. The summed E-state index contributed by atoms with van der Waals surface area (Å²) in [5, 5.41) is 8.67. The Labute approximate surface area is 213 Å². The van der Waals surface area contributed by atoms with Crippen LogP contribution in [0.4, 0.5) is 0 Å². The van der Waals surface area contributed by atoms with Gasteiger partial charge < -0.3 is 4.74 Å². The van der Waals surface area contributed by atoms with E-state index in [1.54, 1.807) is 12.1 Å². The lowest BCUT2D eigenvalue weighted by Crippen LogP contribution is -2.38. The zero-order chi connectivity index (χ0) is 24.4. The second-order valence-electron chi connectivity index (χ2n) is 8.26. The van der Waals surface area contributed by atoms with E-state index in [-0.39, 0.29) is 10.4 Å². The minimum Gasteiger partial charge on any atom is -0.494 e. The number of sulfonamides is 1. The highest BCUT2D eigenvalue weighted by Gasteiger charge is 2.32. The number of aromatic nitrogens is 2. The molecule has 1 aliphatic rings. The highest BCUT2D eigenvalue weighted by atomic mass is 35.5. The molecule has 3 aromatic carbocycles. The van der Waals surface area contributed by atoms with Gasteiger partial charge in [-0.15, -0.1) is 0 Å². The van der Waals surface area contributed by atoms with E-state index in [0.717, 1.165) is 28.4 Å². The first-order chi connectivity index (χ1) is 17.0. The molecule has 2 heterocycles. The van der Waals surface area contributed by atoms with Gasteiger partial charge in [-0.3, -0.25) is 0 Å². The number of rotatable bonds is 7. The number of piperidine rings is 1. The Hall–Kier alpha value is -2.59. The number of nitrogens with zero attached hydrogens (tertiary/aromatic N) is 3. The maximum atomic E-state index is 13.5. The summed E-state index contributed by atoms with van der Waals surface area (Å²) in [4.78, 5) is 1.86. The smallest absolute Gasteiger partial charge is 0.245 e. The van der Waals surface area contributed by atoms with E-state index < -0.39 is 10.0 Å². The minimum absolute atomic E-state index is 0.120. The molecule has 0 bridgehead atoms. The predicted molar refractivity (Wildman–Crippen MR) is 136 cm³/mol. The van der Waals surface area contributed by atoms with Crippen LogP contribution in [0.3, 0.4) is 0 Å². The van der Waals surface area contributed by atoms with Gasteiger partial charge in [0.2, 0.25) is 10.0 Å². The maximum absolute atomic E-state index is 13.5. The van der Waals surface area contributed by atoms with Crippen LogP contribution in [0.1, 0.15) is 31.2 Å². The topological polar surface area (TPSA) is 85.5 Å². The number of ether oxygens (including phenoxy) is 1. The SMILES string of the molecule is CCOc1ccc(Sc2ccc(S(=O)(=O)N3CCC(c4ccc(Cl)cc4)CC3)c3nonc23)cc1. The largest absolute Gasteiger partial charge is 0.494 e. The van der Waals surface area contributed by atoms with Crippen molar-refractivity contribution in [3.63, 3.8) is 0 Å². The summed E-state index contributed by atoms with van der Waals surface area (Å²) in [6.07, 6.45) is 1.49. The maximum Gasteiger partial charge on any atom is 0.245 e. The van der Waals surface area contributed by atoms with Gasteiger partial charge in [-0.05, 0) is 90.1 Å². The average Bonchev–Trinajstić information content (AvgIpc) is 3.36. The van der Waals surface area contributed by atoms with Crippen LogP contribution in [0, 0.1) is 0 Å². The summed E-state index contributed by atoms with van der Waals surface area (Å²) in [5.41, 5.74) is 1.87. The first kappa shape index (κ1) is 24.1. The Balaban J connectivity index is 1.35. The molecule has 1 saturated heterocycles. The molecule has 5 rings (SSSR count). The van der Waals surface area contributed by atoms with Gasteiger partial charge >= 0.3 is 0 Å². The van der Waals surface area contributed by atoms with E-state index >= 15 is 0 Å². The Bertz CT molecular complexity index is 1420. The van der Waals surface area contributed by atoms with Crippen molar-refractivity contribution in [1.29, 1.82) is 0 Å². The lowest BCUT2D eigenvalue weighted by atomic mass is 9.90. The highest BCUT2D eigenvalue weighted by Crippen LogP contribution is 2.37. The fraction of sp³-hybridized carbons (Fsp3) is 0.280. The summed E-state index contributed by atoms with van der Waals surface area (Å²) in [5.74, 6) is 1.10. The van der Waals surface area contributed by atoms with Gasteiger partial charge in [-0.2, -0.15) is 4.31 Å². The molecule has 0 unspecified atom stereocenters. The number of hydrogen-bond donors (Lipinski definition) is 0. The monoisotopic (exact) mass is 529 g/mol. The second kappa shape index (κ2) is 10.2. The van der Waals surface area contributed by atoms with Crippen LogP contribution in [0.25, 0.3) is 11.0 Å². The Morgan fingerprint density at radius 1 is 1.00 bits per heavy atom. The van der Waals surface area contributed by atoms with Gasteiger partial charge in [0.1, 0.15) is 10.6 Å². The fourth-order valence-corrected chi connectivity index (χ4v) is 6.92.